The van der Waals surface area contributed by atoms with Crippen molar-refractivity contribution in [2.24, 2.45) is 0 Å². The highest BCUT2D eigenvalue weighted by atomic mass is 32.2. The van der Waals surface area contributed by atoms with E-state index in [9.17, 15) is 8.42 Å². The van der Waals surface area contributed by atoms with Crippen molar-refractivity contribution in [3.8, 4) is 0 Å². The molecule has 1 unspecified atom stereocenters. The van der Waals surface area contributed by atoms with Gasteiger partial charge in [0.2, 0.25) is 10.0 Å². The Morgan fingerprint density at radius 2 is 2.00 bits per heavy atom. The molecule has 3 N–H and O–H groups in total. The Balaban J connectivity index is 1.72. The van der Waals surface area contributed by atoms with Crippen molar-refractivity contribution in [3.05, 3.63) is 59.2 Å². The average Bonchev–Trinajstić information content (AvgIpc) is 2.42. The number of sulfonamides is 1. The van der Waals surface area contributed by atoms with E-state index in [1.807, 2.05) is 12.1 Å². The molecule has 0 saturated heterocycles. The first-order chi connectivity index (χ1) is 9.97. The van der Waals surface area contributed by atoms with Crippen LogP contribution in [0.1, 0.15) is 22.6 Å². The van der Waals surface area contributed by atoms with Gasteiger partial charge in [-0.1, -0.05) is 24.3 Å². The van der Waals surface area contributed by atoms with E-state index in [-0.39, 0.29) is 10.8 Å². The third-order valence-corrected chi connectivity index (χ3v) is 5.45. The largest absolute Gasteiger partial charge is 0.399 e. The first-order valence-electron chi connectivity index (χ1n) is 6.91. The second kappa shape index (κ2) is 5.16. The van der Waals surface area contributed by atoms with Gasteiger partial charge in [-0.05, 0) is 48.2 Å². The van der Waals surface area contributed by atoms with Crippen molar-refractivity contribution in [3.63, 3.8) is 0 Å². The summed E-state index contributed by atoms with van der Waals surface area (Å²) in [5, 5.41) is 0. The zero-order chi connectivity index (χ0) is 15.0. The molecule has 21 heavy (non-hydrogen) atoms. The number of aryl methyl sites for hydroxylation is 1. The van der Waals surface area contributed by atoms with Crippen LogP contribution in [-0.2, 0) is 16.4 Å². The number of nitrogens with two attached hydrogens (primary N) is 1. The van der Waals surface area contributed by atoms with Crippen LogP contribution in [-0.4, -0.2) is 15.0 Å². The summed E-state index contributed by atoms with van der Waals surface area (Å²) in [5.41, 5.74) is 9.65. The van der Waals surface area contributed by atoms with Crippen LogP contribution in [0.2, 0.25) is 0 Å². The normalized spacial score (nSPS) is 17.1. The summed E-state index contributed by atoms with van der Waals surface area (Å²) < 4.78 is 27.3. The summed E-state index contributed by atoms with van der Waals surface area (Å²) in [6.07, 6.45) is 0.930. The molecule has 4 nitrogen and oxygen atoms in total. The zero-order valence-electron chi connectivity index (χ0n) is 11.8. The number of fused-ring (bicyclic) bond motifs is 1. The lowest BCUT2D eigenvalue weighted by Crippen LogP contribution is -2.33. The highest BCUT2D eigenvalue weighted by molar-refractivity contribution is 7.89. The van der Waals surface area contributed by atoms with Gasteiger partial charge in [0.25, 0.3) is 0 Å². The minimum Gasteiger partial charge on any atom is -0.399 e. The second-order valence-corrected chi connectivity index (χ2v) is 7.24. The Kier molecular flexibility index (Phi) is 3.47. The van der Waals surface area contributed by atoms with Crippen LogP contribution in [0.4, 0.5) is 5.69 Å². The predicted molar refractivity (Wildman–Crippen MR) is 83.7 cm³/mol. The molecule has 1 atom stereocenters. The molecule has 2 aromatic carbocycles. The summed E-state index contributed by atoms with van der Waals surface area (Å²) >= 11 is 0. The molecule has 3 rings (SSSR count). The molecule has 0 radical (unpaired) electrons. The van der Waals surface area contributed by atoms with Gasteiger partial charge in [0.1, 0.15) is 0 Å². The summed E-state index contributed by atoms with van der Waals surface area (Å²) in [5.74, 6) is 0.269. The van der Waals surface area contributed by atoms with Crippen molar-refractivity contribution in [1.29, 1.82) is 0 Å². The fraction of sp³-hybridized carbons (Fsp3) is 0.250. The number of rotatable bonds is 4. The van der Waals surface area contributed by atoms with Crippen molar-refractivity contribution in [2.45, 2.75) is 24.2 Å². The van der Waals surface area contributed by atoms with Gasteiger partial charge >= 0.3 is 0 Å². The molecular weight excluding hydrogens is 284 g/mol. The van der Waals surface area contributed by atoms with Gasteiger partial charge in [-0.2, -0.15) is 0 Å². The zero-order valence-corrected chi connectivity index (χ0v) is 12.7. The van der Waals surface area contributed by atoms with E-state index < -0.39 is 10.0 Å². The number of nitrogens with one attached hydrogen (secondary N) is 1. The number of hydrogen-bond donors (Lipinski definition) is 2. The SMILES string of the molecule is Cc1cc(S(=O)(=O)NCC2Cc3ccccc32)ccc1N. The fourth-order valence-electron chi connectivity index (χ4n) is 2.65. The first-order valence-corrected chi connectivity index (χ1v) is 8.39. The van der Waals surface area contributed by atoms with Crippen molar-refractivity contribution in [2.75, 3.05) is 12.3 Å². The number of anilines is 1. The Morgan fingerprint density at radius 1 is 1.24 bits per heavy atom. The summed E-state index contributed by atoms with van der Waals surface area (Å²) in [4.78, 5) is 0.266. The maximum Gasteiger partial charge on any atom is 0.240 e. The second-order valence-electron chi connectivity index (χ2n) is 5.47. The van der Waals surface area contributed by atoms with E-state index in [1.54, 1.807) is 25.1 Å². The lowest BCUT2D eigenvalue weighted by molar-refractivity contribution is 0.552. The van der Waals surface area contributed by atoms with Crippen LogP contribution in [0.15, 0.2) is 47.4 Å². The molecular formula is C16H18N2O2S. The third-order valence-electron chi connectivity index (χ3n) is 4.03. The van der Waals surface area contributed by atoms with Crippen molar-refractivity contribution in [1.82, 2.24) is 4.72 Å². The maximum absolute atomic E-state index is 12.3. The molecule has 5 heteroatoms. The lowest BCUT2D eigenvalue weighted by atomic mass is 9.78. The van der Waals surface area contributed by atoms with E-state index in [4.69, 9.17) is 5.73 Å². The molecule has 0 bridgehead atoms. The molecule has 0 spiro atoms. The number of nitrogen functional groups attached to an aromatic ring is 1. The quantitative estimate of drug-likeness (QED) is 0.850. The first kappa shape index (κ1) is 14.1. The summed E-state index contributed by atoms with van der Waals surface area (Å²) in [7, 11) is -3.48. The lowest BCUT2D eigenvalue weighted by Gasteiger charge is -2.30. The molecule has 1 aliphatic rings. The number of hydrogen-bond acceptors (Lipinski definition) is 3. The maximum atomic E-state index is 12.3. The van der Waals surface area contributed by atoms with Crippen molar-refractivity contribution >= 4 is 15.7 Å². The van der Waals surface area contributed by atoms with E-state index in [0.29, 0.717) is 12.2 Å². The van der Waals surface area contributed by atoms with Gasteiger partial charge in [-0.15, -0.1) is 0 Å². The molecule has 0 aliphatic heterocycles. The van der Waals surface area contributed by atoms with Crippen LogP contribution >= 0.6 is 0 Å². The Hall–Kier alpha value is -1.85. The van der Waals surface area contributed by atoms with Crippen LogP contribution in [0.5, 0.6) is 0 Å². The van der Waals surface area contributed by atoms with Crippen LogP contribution in [0, 0.1) is 6.92 Å². The van der Waals surface area contributed by atoms with Gasteiger partial charge in [0.05, 0.1) is 4.90 Å². The van der Waals surface area contributed by atoms with Crippen LogP contribution in [0.25, 0.3) is 0 Å². The summed E-state index contributed by atoms with van der Waals surface area (Å²) in [6, 6.07) is 12.9. The molecule has 0 heterocycles. The van der Waals surface area contributed by atoms with Gasteiger partial charge in [-0.25, -0.2) is 13.1 Å². The molecule has 2 aromatic rings. The van der Waals surface area contributed by atoms with E-state index in [2.05, 4.69) is 16.9 Å². The van der Waals surface area contributed by atoms with Gasteiger partial charge in [0, 0.05) is 18.2 Å². The molecule has 0 aromatic heterocycles. The van der Waals surface area contributed by atoms with Crippen molar-refractivity contribution < 1.29 is 8.42 Å². The van der Waals surface area contributed by atoms with E-state index in [1.165, 1.54) is 11.1 Å². The monoisotopic (exact) mass is 302 g/mol. The van der Waals surface area contributed by atoms with E-state index >= 15 is 0 Å². The number of benzene rings is 2. The molecule has 0 amide bonds. The highest BCUT2D eigenvalue weighted by Gasteiger charge is 2.27. The highest BCUT2D eigenvalue weighted by Crippen LogP contribution is 2.34. The van der Waals surface area contributed by atoms with E-state index in [0.717, 1.165) is 12.0 Å². The third kappa shape index (κ3) is 2.66. The predicted octanol–water partition coefficient (Wildman–Crippen LogP) is 2.20. The van der Waals surface area contributed by atoms with Gasteiger partial charge in [0.15, 0.2) is 0 Å². The average molecular weight is 302 g/mol. The molecule has 0 saturated carbocycles. The molecule has 110 valence electrons. The Morgan fingerprint density at radius 3 is 2.71 bits per heavy atom. The Bertz CT molecular complexity index is 785. The Labute approximate surface area is 125 Å². The topological polar surface area (TPSA) is 72.2 Å². The minimum atomic E-state index is -3.48. The standard InChI is InChI=1S/C16H18N2O2S/c1-11-8-14(6-7-16(11)17)21(19,20)18-10-13-9-12-4-2-3-5-15(12)13/h2-8,13,18H,9-10,17H2,1H3. The van der Waals surface area contributed by atoms with Gasteiger partial charge in [-0.3, -0.25) is 0 Å². The summed E-state index contributed by atoms with van der Waals surface area (Å²) in [6.45, 7) is 2.24. The van der Waals surface area contributed by atoms with Gasteiger partial charge < -0.3 is 5.73 Å². The molecule has 1 aliphatic carbocycles. The fourth-order valence-corrected chi connectivity index (χ4v) is 3.82. The minimum absolute atomic E-state index is 0.266. The van der Waals surface area contributed by atoms with Crippen LogP contribution in [0.3, 0.4) is 0 Å². The molecule has 0 fully saturated rings. The van der Waals surface area contributed by atoms with Crippen LogP contribution < -0.4 is 10.5 Å². The smallest absolute Gasteiger partial charge is 0.240 e.